The van der Waals surface area contributed by atoms with Gasteiger partial charge in [0.15, 0.2) is 0 Å². The van der Waals surface area contributed by atoms with Crippen molar-refractivity contribution < 1.29 is 13.2 Å². The van der Waals surface area contributed by atoms with Crippen LogP contribution in [0.1, 0.15) is 44.0 Å². The van der Waals surface area contributed by atoms with Crippen molar-refractivity contribution in [3.8, 4) is 0 Å². The van der Waals surface area contributed by atoms with Crippen LogP contribution in [0.5, 0.6) is 0 Å². The lowest BCUT2D eigenvalue weighted by molar-refractivity contribution is 0.0935. The first-order chi connectivity index (χ1) is 10.8. The van der Waals surface area contributed by atoms with Crippen LogP contribution in [-0.2, 0) is 10.0 Å². The first-order valence-corrected chi connectivity index (χ1v) is 9.73. The number of sulfonamides is 1. The lowest BCUT2D eigenvalue weighted by Gasteiger charge is -2.20. The van der Waals surface area contributed by atoms with Gasteiger partial charge >= 0.3 is 0 Å². The molecule has 2 rings (SSSR count). The number of rotatable bonds is 7. The molecule has 1 aliphatic rings. The SMILES string of the molecule is CCN(CC)S(=O)(=O)c1cc(C(=O)NC(C)C2CC2)ccc1Cl. The molecule has 0 saturated heterocycles. The van der Waals surface area contributed by atoms with Gasteiger partial charge in [0.05, 0.1) is 5.02 Å². The van der Waals surface area contributed by atoms with Crippen molar-refractivity contribution in [3.63, 3.8) is 0 Å². The maximum Gasteiger partial charge on any atom is 0.251 e. The Kier molecular flexibility index (Phi) is 5.70. The molecule has 1 unspecified atom stereocenters. The summed E-state index contributed by atoms with van der Waals surface area (Å²) >= 11 is 6.07. The second kappa shape index (κ2) is 7.20. The summed E-state index contributed by atoms with van der Waals surface area (Å²) in [6.07, 6.45) is 2.26. The third-order valence-electron chi connectivity index (χ3n) is 4.20. The lowest BCUT2D eigenvalue weighted by atomic mass is 10.1. The number of carbonyl (C=O) groups excluding carboxylic acids is 1. The van der Waals surface area contributed by atoms with Gasteiger partial charge in [-0.3, -0.25) is 4.79 Å². The summed E-state index contributed by atoms with van der Waals surface area (Å²) in [6.45, 7) is 6.21. The monoisotopic (exact) mass is 358 g/mol. The first kappa shape index (κ1) is 18.2. The van der Waals surface area contributed by atoms with Gasteiger partial charge in [0, 0.05) is 24.7 Å². The zero-order valence-corrected chi connectivity index (χ0v) is 15.2. The molecule has 1 fully saturated rings. The molecule has 0 aromatic heterocycles. The summed E-state index contributed by atoms with van der Waals surface area (Å²) < 4.78 is 26.6. The van der Waals surface area contributed by atoms with Crippen LogP contribution in [0, 0.1) is 5.92 Å². The molecule has 1 N–H and O–H groups in total. The second-order valence-electron chi connectivity index (χ2n) is 5.83. The zero-order valence-electron chi connectivity index (χ0n) is 13.7. The molecular formula is C16H23ClN2O3S. The van der Waals surface area contributed by atoms with E-state index in [-0.39, 0.29) is 21.9 Å². The molecule has 1 aromatic carbocycles. The number of nitrogens with zero attached hydrogens (tertiary/aromatic N) is 1. The molecule has 1 atom stereocenters. The highest BCUT2D eigenvalue weighted by atomic mass is 35.5. The van der Waals surface area contributed by atoms with E-state index < -0.39 is 10.0 Å². The van der Waals surface area contributed by atoms with Crippen LogP contribution in [0.25, 0.3) is 0 Å². The molecule has 0 spiro atoms. The summed E-state index contributed by atoms with van der Waals surface area (Å²) in [5, 5.41) is 3.05. The number of amides is 1. The summed E-state index contributed by atoms with van der Waals surface area (Å²) in [6, 6.07) is 4.49. The van der Waals surface area contributed by atoms with Gasteiger partial charge in [-0.25, -0.2) is 8.42 Å². The van der Waals surface area contributed by atoms with Gasteiger partial charge in [-0.1, -0.05) is 25.4 Å². The standard InChI is InChI=1S/C16H23ClN2O3S/c1-4-19(5-2)23(21,22)15-10-13(8-9-14(15)17)16(20)18-11(3)12-6-7-12/h8-12H,4-7H2,1-3H3,(H,18,20). The van der Waals surface area contributed by atoms with E-state index in [1.165, 1.54) is 16.4 Å². The average Bonchev–Trinajstić information content (AvgIpc) is 3.32. The molecule has 0 aliphatic heterocycles. The van der Waals surface area contributed by atoms with E-state index in [1.54, 1.807) is 19.9 Å². The molecule has 0 radical (unpaired) electrons. The van der Waals surface area contributed by atoms with Crippen molar-refractivity contribution in [1.29, 1.82) is 0 Å². The van der Waals surface area contributed by atoms with Crippen molar-refractivity contribution in [2.24, 2.45) is 5.92 Å². The van der Waals surface area contributed by atoms with Crippen molar-refractivity contribution in [3.05, 3.63) is 28.8 Å². The van der Waals surface area contributed by atoms with Crippen molar-refractivity contribution >= 4 is 27.5 Å². The van der Waals surface area contributed by atoms with E-state index in [1.807, 2.05) is 6.92 Å². The largest absolute Gasteiger partial charge is 0.349 e. The van der Waals surface area contributed by atoms with Crippen LogP contribution in [0.3, 0.4) is 0 Å². The maximum absolute atomic E-state index is 12.6. The first-order valence-electron chi connectivity index (χ1n) is 7.91. The summed E-state index contributed by atoms with van der Waals surface area (Å²) in [7, 11) is -3.70. The highest BCUT2D eigenvalue weighted by Gasteiger charge is 2.30. The van der Waals surface area contributed by atoms with Gasteiger partial charge in [-0.2, -0.15) is 4.31 Å². The fraction of sp³-hybridized carbons (Fsp3) is 0.562. The quantitative estimate of drug-likeness (QED) is 0.814. The Bertz CT molecular complexity index is 683. The number of hydrogen-bond donors (Lipinski definition) is 1. The van der Waals surface area contributed by atoms with Crippen LogP contribution >= 0.6 is 11.6 Å². The lowest BCUT2D eigenvalue weighted by Crippen LogP contribution is -2.34. The minimum absolute atomic E-state index is 0.0189. The van der Waals surface area contributed by atoms with Crippen LogP contribution in [0.4, 0.5) is 0 Å². The van der Waals surface area contributed by atoms with E-state index in [2.05, 4.69) is 5.32 Å². The number of hydrogen-bond acceptors (Lipinski definition) is 3. The minimum Gasteiger partial charge on any atom is -0.349 e. The smallest absolute Gasteiger partial charge is 0.251 e. The van der Waals surface area contributed by atoms with E-state index in [9.17, 15) is 13.2 Å². The van der Waals surface area contributed by atoms with Crippen molar-refractivity contribution in [2.75, 3.05) is 13.1 Å². The fourth-order valence-electron chi connectivity index (χ4n) is 2.55. The predicted molar refractivity (Wildman–Crippen MR) is 91.2 cm³/mol. The van der Waals surface area contributed by atoms with E-state index in [4.69, 9.17) is 11.6 Å². The molecule has 5 nitrogen and oxygen atoms in total. The van der Waals surface area contributed by atoms with Gasteiger partial charge in [-0.05, 0) is 43.9 Å². The Hall–Kier alpha value is -1.11. The van der Waals surface area contributed by atoms with Gasteiger partial charge < -0.3 is 5.32 Å². The Morgan fingerprint density at radius 2 is 1.96 bits per heavy atom. The molecule has 1 aliphatic carbocycles. The van der Waals surface area contributed by atoms with Crippen molar-refractivity contribution in [1.82, 2.24) is 9.62 Å². The highest BCUT2D eigenvalue weighted by molar-refractivity contribution is 7.89. The van der Waals surface area contributed by atoms with Crippen LogP contribution < -0.4 is 5.32 Å². The Morgan fingerprint density at radius 1 is 1.35 bits per heavy atom. The molecule has 0 heterocycles. The highest BCUT2D eigenvalue weighted by Crippen LogP contribution is 2.32. The molecule has 1 saturated carbocycles. The van der Waals surface area contributed by atoms with Crippen LogP contribution in [0.15, 0.2) is 23.1 Å². The topological polar surface area (TPSA) is 66.5 Å². The van der Waals surface area contributed by atoms with Gasteiger partial charge in [0.25, 0.3) is 5.91 Å². The molecule has 23 heavy (non-hydrogen) atoms. The molecule has 1 aromatic rings. The number of benzene rings is 1. The molecule has 0 bridgehead atoms. The normalized spacial score (nSPS) is 16.4. The zero-order chi connectivity index (χ0) is 17.2. The van der Waals surface area contributed by atoms with E-state index in [0.717, 1.165) is 12.8 Å². The van der Waals surface area contributed by atoms with E-state index >= 15 is 0 Å². The molecule has 7 heteroatoms. The number of nitrogens with one attached hydrogen (secondary N) is 1. The summed E-state index contributed by atoms with van der Waals surface area (Å²) in [4.78, 5) is 12.3. The summed E-state index contributed by atoms with van der Waals surface area (Å²) in [5.74, 6) is 0.266. The van der Waals surface area contributed by atoms with Crippen molar-refractivity contribution in [2.45, 2.75) is 44.6 Å². The second-order valence-corrected chi connectivity index (χ2v) is 8.15. The number of halogens is 1. The van der Waals surface area contributed by atoms with Crippen LogP contribution in [-0.4, -0.2) is 37.8 Å². The van der Waals surface area contributed by atoms with Gasteiger partial charge in [-0.15, -0.1) is 0 Å². The Labute approximate surface area is 143 Å². The molecular weight excluding hydrogens is 336 g/mol. The maximum atomic E-state index is 12.6. The summed E-state index contributed by atoms with van der Waals surface area (Å²) in [5.41, 5.74) is 0.313. The Balaban J connectivity index is 2.29. The van der Waals surface area contributed by atoms with E-state index in [0.29, 0.717) is 24.6 Å². The minimum atomic E-state index is -3.70. The van der Waals surface area contributed by atoms with Gasteiger partial charge in [0.1, 0.15) is 4.90 Å². The predicted octanol–water partition coefficient (Wildman–Crippen LogP) is 2.90. The third-order valence-corrected chi connectivity index (χ3v) is 6.74. The average molecular weight is 359 g/mol. The Morgan fingerprint density at radius 3 is 2.48 bits per heavy atom. The number of carbonyl (C=O) groups is 1. The van der Waals surface area contributed by atoms with Gasteiger partial charge in [0.2, 0.25) is 10.0 Å². The fourth-order valence-corrected chi connectivity index (χ4v) is 4.51. The third kappa shape index (κ3) is 4.05. The molecule has 1 amide bonds. The van der Waals surface area contributed by atoms with Crippen LogP contribution in [0.2, 0.25) is 5.02 Å². The molecule has 128 valence electrons.